The minimum absolute atomic E-state index is 0.0636. The number of aldehydes is 1. The topological polar surface area (TPSA) is 136 Å². The normalized spacial score (nSPS) is 54.4. The molecule has 0 radical (unpaired) electrons. The minimum atomic E-state index is -1.59. The van der Waals surface area contributed by atoms with E-state index in [9.17, 15) is 30.0 Å². The number of aliphatic hydroxyl groups excluding tert-OH is 1. The van der Waals surface area contributed by atoms with Gasteiger partial charge in [-0.05, 0) is 131 Å². The smallest absolute Gasteiger partial charge is 0.332 e. The second-order valence-corrected chi connectivity index (χ2v) is 18.4. The molecule has 2 bridgehead atoms. The zero-order chi connectivity index (χ0) is 33.5. The highest BCUT2D eigenvalue weighted by molar-refractivity contribution is 5.88. The number of rotatable bonds is 5. The number of likely N-dealkylation sites (N-methyl/N-ethyl adjacent to an activating group) is 1. The molecule has 8 aliphatic carbocycles. The summed E-state index contributed by atoms with van der Waals surface area (Å²) in [5, 5.41) is 55.4. The number of ether oxygens (including phenoxy) is 1. The predicted octanol–water partition coefficient (Wildman–Crippen LogP) is 4.38. The average Bonchev–Trinajstić information content (AvgIpc) is 3.72. The maximum absolute atomic E-state index is 13.8. The summed E-state index contributed by atoms with van der Waals surface area (Å²) >= 11 is 0. The van der Waals surface area contributed by atoms with Gasteiger partial charge >= 0.3 is 5.97 Å². The van der Waals surface area contributed by atoms with Gasteiger partial charge in [0.25, 0.3) is 0 Å². The summed E-state index contributed by atoms with van der Waals surface area (Å²) in [5.74, 6) is -0.477. The molecule has 48 heavy (non-hydrogen) atoms. The molecule has 0 aromatic carbocycles. The third kappa shape index (κ3) is 3.60. The van der Waals surface area contributed by atoms with E-state index in [1.54, 1.807) is 6.08 Å². The Balaban J connectivity index is 1.19. The molecule has 1 heterocycles. The van der Waals surface area contributed by atoms with Crippen molar-refractivity contribution in [2.75, 3.05) is 13.6 Å². The van der Waals surface area contributed by atoms with Gasteiger partial charge in [0.1, 0.15) is 11.9 Å². The third-order valence-corrected chi connectivity index (χ3v) is 17.3. The molecule has 264 valence electrons. The first kappa shape index (κ1) is 32.3. The molecule has 8 heteroatoms. The number of carbonyl (C=O) groups is 2. The number of fused-ring (bicyclic) bond motifs is 3. The van der Waals surface area contributed by atoms with Crippen LogP contribution < -0.4 is 5.32 Å². The molecule has 9 aliphatic rings. The Labute approximate surface area is 285 Å². The van der Waals surface area contributed by atoms with Crippen LogP contribution in [0.15, 0.2) is 23.3 Å². The molecule has 0 unspecified atom stereocenters. The Kier molecular flexibility index (Phi) is 7.07. The quantitative estimate of drug-likeness (QED) is 0.166. The Morgan fingerprint density at radius 1 is 0.979 bits per heavy atom. The monoisotopic (exact) mass is 663 g/mol. The summed E-state index contributed by atoms with van der Waals surface area (Å²) in [6.45, 7) is 2.96. The molecule has 1 spiro atoms. The van der Waals surface area contributed by atoms with E-state index in [1.807, 2.05) is 7.05 Å². The SMILES string of the molecule is CNCC1=C[C@@H]2C[C@@]3(O)[C@]4(CCC[C@@]15OC(=O)C=C5[C@@H]24)CC[C@H]1[C@@]3(O)C[C@H]2C[C@H]([C@@H](C)C3CCCC3)CC[C@H]3[C@@H](O)CC[C@@]1(C=O)[C@]23O. The number of nitrogens with one attached hydrogen (secondary N) is 1. The van der Waals surface area contributed by atoms with E-state index in [0.717, 1.165) is 36.7 Å². The standard InChI is InChI=1S/C40H57NO7/c1-23(24-6-3-4-7-24)25-8-9-29-31(43)10-14-36(22-42)32-11-15-35-12-5-13-37-28(21-41-2)17-26(34(35)30(37)18-33(44)48-37)19-39(35,46)38(32,45)20-27(16-25)40(29,36)47/h17-18,22-27,29,31-32,34,41,43,45-47H,3-16,19-21H2,1-2H3/t23-,25+,26+,27+,29-,31-,32+,34+,35+,36-,37+,38-,39+,40-/m0/s1. The van der Waals surface area contributed by atoms with E-state index < -0.39 is 57.1 Å². The lowest BCUT2D eigenvalue weighted by molar-refractivity contribution is -0.343. The zero-order valence-corrected chi connectivity index (χ0v) is 29.0. The van der Waals surface area contributed by atoms with Crippen LogP contribution in [0.1, 0.15) is 110 Å². The van der Waals surface area contributed by atoms with Crippen LogP contribution in [-0.4, -0.2) is 74.8 Å². The minimum Gasteiger partial charge on any atom is -0.447 e. The Hall–Kier alpha value is -1.58. The summed E-state index contributed by atoms with van der Waals surface area (Å²) < 4.78 is 6.22. The van der Waals surface area contributed by atoms with Crippen LogP contribution in [0.25, 0.3) is 0 Å². The van der Waals surface area contributed by atoms with Crippen molar-refractivity contribution in [3.05, 3.63) is 23.3 Å². The summed E-state index contributed by atoms with van der Waals surface area (Å²) in [6.07, 6.45) is 16.3. The fourth-order valence-corrected chi connectivity index (χ4v) is 15.5. The first-order valence-corrected chi connectivity index (χ1v) is 19.6. The number of esters is 1. The van der Waals surface area contributed by atoms with Crippen LogP contribution in [0.5, 0.6) is 0 Å². The summed E-state index contributed by atoms with van der Waals surface area (Å²) in [7, 11) is 1.90. The molecule has 0 amide bonds. The maximum Gasteiger partial charge on any atom is 0.332 e. The molecule has 0 aromatic heterocycles. The molecule has 0 saturated heterocycles. The van der Waals surface area contributed by atoms with Crippen molar-refractivity contribution in [3.63, 3.8) is 0 Å². The highest BCUT2D eigenvalue weighted by Crippen LogP contribution is 2.78. The number of hydrogen-bond donors (Lipinski definition) is 5. The molecular formula is C40H57NO7. The van der Waals surface area contributed by atoms with Crippen LogP contribution in [-0.2, 0) is 14.3 Å². The molecule has 1 aliphatic heterocycles. The van der Waals surface area contributed by atoms with E-state index in [0.29, 0.717) is 75.7 Å². The van der Waals surface area contributed by atoms with Crippen LogP contribution in [0.3, 0.4) is 0 Å². The van der Waals surface area contributed by atoms with E-state index in [-0.39, 0.29) is 24.2 Å². The molecular weight excluding hydrogens is 606 g/mol. The number of hydrogen-bond acceptors (Lipinski definition) is 8. The molecule has 5 N–H and O–H groups in total. The van der Waals surface area contributed by atoms with E-state index in [1.165, 1.54) is 25.7 Å². The number of aliphatic hydroxyl groups is 4. The number of allylic oxidation sites excluding steroid dienone is 1. The highest BCUT2D eigenvalue weighted by atomic mass is 16.6. The van der Waals surface area contributed by atoms with Crippen molar-refractivity contribution in [1.82, 2.24) is 5.32 Å². The first-order chi connectivity index (χ1) is 22.9. The average molecular weight is 664 g/mol. The van der Waals surface area contributed by atoms with Crippen molar-refractivity contribution in [3.8, 4) is 0 Å². The van der Waals surface area contributed by atoms with Crippen molar-refractivity contribution < 1.29 is 34.8 Å². The third-order valence-electron chi connectivity index (χ3n) is 17.3. The van der Waals surface area contributed by atoms with Crippen LogP contribution in [0.4, 0.5) is 0 Å². The van der Waals surface area contributed by atoms with Crippen molar-refractivity contribution in [1.29, 1.82) is 0 Å². The lowest BCUT2D eigenvalue weighted by atomic mass is 9.36. The van der Waals surface area contributed by atoms with Gasteiger partial charge in [0, 0.05) is 29.9 Å². The summed E-state index contributed by atoms with van der Waals surface area (Å²) in [5.41, 5.74) is -5.18. The predicted molar refractivity (Wildman–Crippen MR) is 178 cm³/mol. The van der Waals surface area contributed by atoms with Gasteiger partial charge < -0.3 is 35.3 Å². The maximum atomic E-state index is 13.8. The largest absolute Gasteiger partial charge is 0.447 e. The van der Waals surface area contributed by atoms with Gasteiger partial charge in [0.05, 0.1) is 22.7 Å². The molecule has 7 fully saturated rings. The van der Waals surface area contributed by atoms with Gasteiger partial charge in [-0.3, -0.25) is 0 Å². The lowest BCUT2D eigenvalue weighted by Gasteiger charge is -2.72. The summed E-state index contributed by atoms with van der Waals surface area (Å²) in [4.78, 5) is 26.9. The fraction of sp³-hybridized carbons (Fsp3) is 0.850. The molecule has 9 rings (SSSR count). The molecule has 8 nitrogen and oxygen atoms in total. The second kappa shape index (κ2) is 10.5. The fourth-order valence-electron chi connectivity index (χ4n) is 15.5. The second-order valence-electron chi connectivity index (χ2n) is 18.4. The van der Waals surface area contributed by atoms with Crippen LogP contribution in [0, 0.1) is 58.2 Å². The Morgan fingerprint density at radius 2 is 1.77 bits per heavy atom. The Bertz CT molecular complexity index is 1450. The van der Waals surface area contributed by atoms with E-state index >= 15 is 0 Å². The van der Waals surface area contributed by atoms with Gasteiger partial charge in [-0.2, -0.15) is 0 Å². The lowest BCUT2D eigenvalue weighted by Crippen LogP contribution is -2.80. The first-order valence-electron chi connectivity index (χ1n) is 19.6. The number of carbonyl (C=O) groups excluding carboxylic acids is 2. The van der Waals surface area contributed by atoms with Crippen LogP contribution >= 0.6 is 0 Å². The van der Waals surface area contributed by atoms with Gasteiger partial charge in [0.15, 0.2) is 5.60 Å². The van der Waals surface area contributed by atoms with E-state index in [4.69, 9.17) is 4.74 Å². The van der Waals surface area contributed by atoms with Gasteiger partial charge in [-0.25, -0.2) is 4.79 Å². The zero-order valence-electron chi connectivity index (χ0n) is 29.0. The molecule has 0 aromatic rings. The van der Waals surface area contributed by atoms with Crippen LogP contribution in [0.2, 0.25) is 0 Å². The van der Waals surface area contributed by atoms with Gasteiger partial charge in [0.2, 0.25) is 0 Å². The molecule has 7 saturated carbocycles. The van der Waals surface area contributed by atoms with Crippen molar-refractivity contribution in [2.24, 2.45) is 58.2 Å². The van der Waals surface area contributed by atoms with E-state index in [2.05, 4.69) is 18.3 Å². The van der Waals surface area contributed by atoms with Crippen molar-refractivity contribution in [2.45, 2.75) is 138 Å². The highest BCUT2D eigenvalue weighted by Gasteiger charge is 2.83. The van der Waals surface area contributed by atoms with Gasteiger partial charge in [-0.15, -0.1) is 0 Å². The van der Waals surface area contributed by atoms with Gasteiger partial charge in [-0.1, -0.05) is 38.7 Å². The van der Waals surface area contributed by atoms with Crippen molar-refractivity contribution >= 4 is 12.3 Å². The molecule has 14 atom stereocenters. The summed E-state index contributed by atoms with van der Waals surface area (Å²) in [6, 6.07) is 0. The Morgan fingerprint density at radius 3 is 2.52 bits per heavy atom.